The monoisotopic (exact) mass is 279 g/mol. The standard InChI is InChI=1S/C18H33NO/c1-11(2)14-15(12(3)4)19(13(5)6)18(9,10)17(7,8)16(14)20/h11-13H,1-10H3. The Hall–Kier alpha value is -0.790. The normalized spacial score (nSPS) is 22.4. The van der Waals surface area contributed by atoms with Gasteiger partial charge in [-0.3, -0.25) is 4.79 Å². The first-order valence-electron chi connectivity index (χ1n) is 7.95. The SMILES string of the molecule is CC(C)C1=C(C(C)C)N(C(C)C)C(C)(C)C(C)(C)C1=O. The molecular weight excluding hydrogens is 246 g/mol. The molecule has 1 aliphatic rings. The van der Waals surface area contributed by atoms with E-state index in [9.17, 15) is 4.79 Å². The van der Waals surface area contributed by atoms with Gasteiger partial charge in [-0.2, -0.15) is 0 Å². The summed E-state index contributed by atoms with van der Waals surface area (Å²) in [5, 5.41) is 0. The first-order valence-corrected chi connectivity index (χ1v) is 7.95. The van der Waals surface area contributed by atoms with E-state index in [2.05, 4.69) is 74.1 Å². The fraction of sp³-hybridized carbons (Fsp3) is 0.833. The molecule has 0 saturated heterocycles. The molecule has 0 aliphatic carbocycles. The molecule has 1 rings (SSSR count). The molecule has 1 heterocycles. The van der Waals surface area contributed by atoms with Crippen molar-refractivity contribution in [3.8, 4) is 0 Å². The maximum atomic E-state index is 13.1. The Labute approximate surface area is 125 Å². The molecule has 0 spiro atoms. The van der Waals surface area contributed by atoms with Crippen LogP contribution in [0.25, 0.3) is 0 Å². The van der Waals surface area contributed by atoms with Gasteiger partial charge in [0, 0.05) is 22.9 Å². The van der Waals surface area contributed by atoms with Crippen LogP contribution in [0.2, 0.25) is 0 Å². The summed E-state index contributed by atoms with van der Waals surface area (Å²) in [5.74, 6) is 0.976. The summed E-state index contributed by atoms with van der Waals surface area (Å²) >= 11 is 0. The molecule has 0 fully saturated rings. The van der Waals surface area contributed by atoms with Crippen LogP contribution in [-0.4, -0.2) is 22.3 Å². The van der Waals surface area contributed by atoms with E-state index in [0.717, 1.165) is 5.57 Å². The smallest absolute Gasteiger partial charge is 0.168 e. The van der Waals surface area contributed by atoms with E-state index in [-0.39, 0.29) is 16.9 Å². The second-order valence-corrected chi connectivity index (χ2v) is 8.09. The van der Waals surface area contributed by atoms with E-state index in [4.69, 9.17) is 0 Å². The fourth-order valence-electron chi connectivity index (χ4n) is 3.53. The van der Waals surface area contributed by atoms with Crippen molar-refractivity contribution in [2.75, 3.05) is 0 Å². The molecule has 0 bridgehead atoms. The third kappa shape index (κ3) is 2.31. The molecule has 0 amide bonds. The average molecular weight is 279 g/mol. The number of rotatable bonds is 3. The zero-order chi connectivity index (χ0) is 16.0. The lowest BCUT2D eigenvalue weighted by Crippen LogP contribution is -2.63. The summed E-state index contributed by atoms with van der Waals surface area (Å²) in [5.41, 5.74) is 1.76. The van der Waals surface area contributed by atoms with Gasteiger partial charge in [-0.1, -0.05) is 41.5 Å². The Balaban J connectivity index is 3.72. The third-order valence-electron chi connectivity index (χ3n) is 5.12. The Morgan fingerprint density at radius 1 is 0.850 bits per heavy atom. The Morgan fingerprint density at radius 3 is 1.60 bits per heavy atom. The van der Waals surface area contributed by atoms with Gasteiger partial charge >= 0.3 is 0 Å². The van der Waals surface area contributed by atoms with Crippen molar-refractivity contribution in [2.45, 2.75) is 80.8 Å². The highest BCUT2D eigenvalue weighted by molar-refractivity contribution is 6.02. The molecule has 20 heavy (non-hydrogen) atoms. The predicted molar refractivity (Wildman–Crippen MR) is 86.5 cm³/mol. The van der Waals surface area contributed by atoms with E-state index < -0.39 is 0 Å². The Bertz CT molecular complexity index is 425. The van der Waals surface area contributed by atoms with Gasteiger partial charge in [0.25, 0.3) is 0 Å². The van der Waals surface area contributed by atoms with Gasteiger partial charge in [-0.25, -0.2) is 0 Å². The molecule has 0 aromatic carbocycles. The molecule has 1 aliphatic heterocycles. The molecular formula is C18H33NO. The van der Waals surface area contributed by atoms with Crippen LogP contribution in [0.15, 0.2) is 11.3 Å². The molecule has 0 radical (unpaired) electrons. The molecule has 0 saturated carbocycles. The molecule has 0 aromatic rings. The van der Waals surface area contributed by atoms with Gasteiger partial charge in [0.2, 0.25) is 0 Å². The lowest BCUT2D eigenvalue weighted by atomic mass is 9.63. The van der Waals surface area contributed by atoms with Crippen molar-refractivity contribution >= 4 is 5.78 Å². The van der Waals surface area contributed by atoms with E-state index >= 15 is 0 Å². The highest BCUT2D eigenvalue weighted by Gasteiger charge is 2.54. The number of carbonyl (C=O) groups is 1. The van der Waals surface area contributed by atoms with Crippen LogP contribution in [0.5, 0.6) is 0 Å². The Kier molecular flexibility index (Phi) is 4.49. The quantitative estimate of drug-likeness (QED) is 0.749. The first-order chi connectivity index (χ1) is 8.87. The van der Waals surface area contributed by atoms with Crippen LogP contribution in [0.4, 0.5) is 0 Å². The lowest BCUT2D eigenvalue weighted by Gasteiger charge is -2.57. The van der Waals surface area contributed by atoms with Crippen molar-refractivity contribution in [3.63, 3.8) is 0 Å². The van der Waals surface area contributed by atoms with Crippen molar-refractivity contribution < 1.29 is 4.79 Å². The maximum absolute atomic E-state index is 13.1. The second kappa shape index (κ2) is 5.20. The van der Waals surface area contributed by atoms with Crippen molar-refractivity contribution in [1.29, 1.82) is 0 Å². The number of hydrogen-bond acceptors (Lipinski definition) is 2. The molecule has 0 unspecified atom stereocenters. The van der Waals surface area contributed by atoms with Crippen LogP contribution < -0.4 is 0 Å². The Morgan fingerprint density at radius 2 is 1.30 bits per heavy atom. The van der Waals surface area contributed by atoms with E-state index in [1.165, 1.54) is 5.70 Å². The van der Waals surface area contributed by atoms with Crippen LogP contribution >= 0.6 is 0 Å². The highest BCUT2D eigenvalue weighted by atomic mass is 16.1. The number of hydrogen-bond donors (Lipinski definition) is 0. The van der Waals surface area contributed by atoms with Crippen molar-refractivity contribution in [1.82, 2.24) is 4.90 Å². The van der Waals surface area contributed by atoms with Gasteiger partial charge in [0.1, 0.15) is 0 Å². The minimum absolute atomic E-state index is 0.170. The van der Waals surface area contributed by atoms with E-state index in [1.807, 2.05) is 0 Å². The van der Waals surface area contributed by atoms with Gasteiger partial charge in [0.15, 0.2) is 5.78 Å². The fourth-order valence-corrected chi connectivity index (χ4v) is 3.53. The number of Topliss-reactive ketones (excluding diaryl/α,β-unsaturated/α-hetero) is 1. The predicted octanol–water partition coefficient (Wildman–Crippen LogP) is 4.65. The first kappa shape index (κ1) is 17.3. The van der Waals surface area contributed by atoms with E-state index in [0.29, 0.717) is 17.7 Å². The van der Waals surface area contributed by atoms with Gasteiger partial charge in [-0.15, -0.1) is 0 Å². The molecule has 0 aromatic heterocycles. The number of carbonyl (C=O) groups excluding carboxylic acids is 1. The zero-order valence-corrected chi connectivity index (χ0v) is 15.1. The molecule has 0 N–H and O–H groups in total. The minimum atomic E-state index is -0.366. The van der Waals surface area contributed by atoms with Crippen LogP contribution in [0, 0.1) is 17.3 Å². The van der Waals surface area contributed by atoms with Crippen LogP contribution in [-0.2, 0) is 4.79 Å². The minimum Gasteiger partial charge on any atom is -0.366 e. The summed E-state index contributed by atoms with van der Waals surface area (Å²) in [6, 6.07) is 0.392. The topological polar surface area (TPSA) is 20.3 Å². The van der Waals surface area contributed by atoms with Crippen molar-refractivity contribution in [3.05, 3.63) is 11.3 Å². The highest BCUT2D eigenvalue weighted by Crippen LogP contribution is 2.49. The lowest BCUT2D eigenvalue weighted by molar-refractivity contribution is -0.135. The molecule has 2 heteroatoms. The summed E-state index contributed by atoms with van der Waals surface area (Å²) in [7, 11) is 0. The summed E-state index contributed by atoms with van der Waals surface area (Å²) < 4.78 is 0. The third-order valence-corrected chi connectivity index (χ3v) is 5.12. The zero-order valence-electron chi connectivity index (χ0n) is 15.1. The molecule has 0 atom stereocenters. The van der Waals surface area contributed by atoms with Gasteiger partial charge in [0.05, 0.1) is 5.41 Å². The summed E-state index contributed by atoms with van der Waals surface area (Å²) in [4.78, 5) is 15.6. The van der Waals surface area contributed by atoms with Crippen molar-refractivity contribution in [2.24, 2.45) is 17.3 Å². The van der Waals surface area contributed by atoms with Gasteiger partial charge in [-0.05, 0) is 39.5 Å². The average Bonchev–Trinajstić information content (AvgIpc) is 2.24. The maximum Gasteiger partial charge on any atom is 0.168 e. The second-order valence-electron chi connectivity index (χ2n) is 8.09. The molecule has 2 nitrogen and oxygen atoms in total. The number of nitrogens with zero attached hydrogens (tertiary/aromatic N) is 1. The molecule has 116 valence electrons. The summed E-state index contributed by atoms with van der Waals surface area (Å²) in [6.07, 6.45) is 0. The summed E-state index contributed by atoms with van der Waals surface area (Å²) in [6.45, 7) is 21.8. The number of ketones is 1. The largest absolute Gasteiger partial charge is 0.366 e. The van der Waals surface area contributed by atoms with Gasteiger partial charge < -0.3 is 4.90 Å². The van der Waals surface area contributed by atoms with Crippen LogP contribution in [0.3, 0.4) is 0 Å². The van der Waals surface area contributed by atoms with E-state index in [1.54, 1.807) is 0 Å². The van der Waals surface area contributed by atoms with Crippen LogP contribution in [0.1, 0.15) is 69.2 Å². The number of allylic oxidation sites excluding steroid dienone is 2.